The number of nitrogens with zero attached hydrogens (tertiary/aromatic N) is 1. The van der Waals surface area contributed by atoms with Gasteiger partial charge in [0.05, 0.1) is 12.0 Å². The van der Waals surface area contributed by atoms with Crippen LogP contribution in [0.4, 0.5) is 0 Å². The first-order valence-electron chi connectivity index (χ1n) is 8.58. The quantitative estimate of drug-likeness (QED) is 0.857. The van der Waals surface area contributed by atoms with E-state index in [0.717, 1.165) is 57.4 Å². The number of aliphatic hydroxyl groups excluding tert-OH is 1. The molecule has 2 heterocycles. The molecule has 24 heavy (non-hydrogen) atoms. The van der Waals surface area contributed by atoms with Gasteiger partial charge in [0.25, 0.3) is 0 Å². The standard InChI is InChI=1S/C18H25ClN2O2.ClH/c19-16-5-3-13(4-6-16)17(22)14-7-10-21(11-8-14)18(23)15-2-1-9-20-12-15;/h3-6,14-15,17,20,22H,1-2,7-12H2;1H. The van der Waals surface area contributed by atoms with E-state index in [2.05, 4.69) is 5.32 Å². The van der Waals surface area contributed by atoms with E-state index in [1.54, 1.807) is 0 Å². The van der Waals surface area contributed by atoms with Gasteiger partial charge in [-0.15, -0.1) is 12.4 Å². The van der Waals surface area contributed by atoms with Crippen LogP contribution in [-0.4, -0.2) is 42.1 Å². The molecule has 0 aromatic heterocycles. The number of amides is 1. The highest BCUT2D eigenvalue weighted by Gasteiger charge is 2.31. The van der Waals surface area contributed by atoms with E-state index in [4.69, 9.17) is 11.6 Å². The fourth-order valence-electron chi connectivity index (χ4n) is 3.69. The van der Waals surface area contributed by atoms with Gasteiger partial charge in [0, 0.05) is 24.7 Å². The average molecular weight is 373 g/mol. The summed E-state index contributed by atoms with van der Waals surface area (Å²) in [5, 5.41) is 14.5. The number of piperidine rings is 2. The number of aliphatic hydroxyl groups is 1. The Balaban J connectivity index is 0.00000208. The van der Waals surface area contributed by atoms with Gasteiger partial charge in [-0.3, -0.25) is 4.79 Å². The monoisotopic (exact) mass is 372 g/mol. The average Bonchev–Trinajstić information content (AvgIpc) is 2.62. The first kappa shape index (κ1) is 19.5. The minimum absolute atomic E-state index is 0. The summed E-state index contributed by atoms with van der Waals surface area (Å²) in [5.41, 5.74) is 0.913. The van der Waals surface area contributed by atoms with E-state index < -0.39 is 6.10 Å². The molecule has 2 unspecified atom stereocenters. The van der Waals surface area contributed by atoms with Crippen molar-refractivity contribution in [1.29, 1.82) is 0 Å². The molecule has 1 aromatic rings. The minimum atomic E-state index is -0.471. The summed E-state index contributed by atoms with van der Waals surface area (Å²) in [5.74, 6) is 0.642. The van der Waals surface area contributed by atoms with Crippen molar-refractivity contribution in [2.45, 2.75) is 31.8 Å². The lowest BCUT2D eigenvalue weighted by atomic mass is 9.86. The first-order chi connectivity index (χ1) is 11.1. The Labute approximate surface area is 155 Å². The Bertz CT molecular complexity index is 524. The molecule has 3 rings (SSSR count). The molecule has 2 aliphatic heterocycles. The number of hydrogen-bond donors (Lipinski definition) is 2. The number of likely N-dealkylation sites (tertiary alicyclic amines) is 1. The van der Waals surface area contributed by atoms with Gasteiger partial charge in [0.1, 0.15) is 0 Å². The molecule has 0 radical (unpaired) electrons. The van der Waals surface area contributed by atoms with Crippen LogP contribution in [0.15, 0.2) is 24.3 Å². The zero-order valence-corrected chi connectivity index (χ0v) is 15.4. The summed E-state index contributed by atoms with van der Waals surface area (Å²) in [6, 6.07) is 7.40. The van der Waals surface area contributed by atoms with Crippen molar-refractivity contribution in [3.63, 3.8) is 0 Å². The number of hydrogen-bond acceptors (Lipinski definition) is 3. The summed E-state index contributed by atoms with van der Waals surface area (Å²) in [4.78, 5) is 14.5. The number of carbonyl (C=O) groups is 1. The smallest absolute Gasteiger partial charge is 0.226 e. The Morgan fingerprint density at radius 2 is 1.88 bits per heavy atom. The molecule has 0 bridgehead atoms. The van der Waals surface area contributed by atoms with Crippen LogP contribution in [0, 0.1) is 11.8 Å². The molecule has 134 valence electrons. The lowest BCUT2D eigenvalue weighted by molar-refractivity contribution is -0.138. The maximum absolute atomic E-state index is 12.5. The van der Waals surface area contributed by atoms with Gasteiger partial charge in [-0.2, -0.15) is 0 Å². The molecule has 0 spiro atoms. The fraction of sp³-hybridized carbons (Fsp3) is 0.611. The van der Waals surface area contributed by atoms with E-state index in [9.17, 15) is 9.90 Å². The third kappa shape index (κ3) is 4.63. The van der Waals surface area contributed by atoms with E-state index in [0.29, 0.717) is 5.02 Å². The van der Waals surface area contributed by atoms with Gasteiger partial charge < -0.3 is 15.3 Å². The Kier molecular flexibility index (Phi) is 7.35. The van der Waals surface area contributed by atoms with Crippen molar-refractivity contribution in [3.8, 4) is 0 Å². The summed E-state index contributed by atoms with van der Waals surface area (Å²) < 4.78 is 0. The second-order valence-corrected chi connectivity index (χ2v) is 7.14. The summed E-state index contributed by atoms with van der Waals surface area (Å²) in [7, 11) is 0. The lowest BCUT2D eigenvalue weighted by Gasteiger charge is -2.37. The zero-order valence-electron chi connectivity index (χ0n) is 13.8. The Morgan fingerprint density at radius 1 is 1.21 bits per heavy atom. The molecule has 1 aromatic carbocycles. The maximum atomic E-state index is 12.5. The maximum Gasteiger partial charge on any atom is 0.226 e. The van der Waals surface area contributed by atoms with Crippen molar-refractivity contribution < 1.29 is 9.90 Å². The van der Waals surface area contributed by atoms with Crippen molar-refractivity contribution in [2.75, 3.05) is 26.2 Å². The highest BCUT2D eigenvalue weighted by Crippen LogP contribution is 2.32. The van der Waals surface area contributed by atoms with Gasteiger partial charge in [-0.25, -0.2) is 0 Å². The molecule has 1 amide bonds. The third-order valence-corrected chi connectivity index (χ3v) is 5.41. The summed E-state index contributed by atoms with van der Waals surface area (Å²) in [6.45, 7) is 3.35. The van der Waals surface area contributed by atoms with Gasteiger partial charge in [0.2, 0.25) is 5.91 Å². The van der Waals surface area contributed by atoms with Crippen LogP contribution >= 0.6 is 24.0 Å². The van der Waals surface area contributed by atoms with Crippen molar-refractivity contribution in [1.82, 2.24) is 10.2 Å². The molecular formula is C18H26Cl2N2O2. The Hall–Kier alpha value is -0.810. The van der Waals surface area contributed by atoms with Crippen LogP contribution in [0.3, 0.4) is 0 Å². The molecule has 4 nitrogen and oxygen atoms in total. The lowest BCUT2D eigenvalue weighted by Crippen LogP contribution is -2.46. The second kappa shape index (κ2) is 9.04. The van der Waals surface area contributed by atoms with Crippen LogP contribution in [0.1, 0.15) is 37.4 Å². The number of rotatable bonds is 3. The summed E-state index contributed by atoms with van der Waals surface area (Å²) in [6.07, 6.45) is 3.33. The first-order valence-corrected chi connectivity index (χ1v) is 8.96. The number of nitrogens with one attached hydrogen (secondary N) is 1. The molecule has 6 heteroatoms. The van der Waals surface area contributed by atoms with Crippen molar-refractivity contribution in [3.05, 3.63) is 34.9 Å². The van der Waals surface area contributed by atoms with E-state index in [1.807, 2.05) is 29.2 Å². The van der Waals surface area contributed by atoms with Crippen LogP contribution < -0.4 is 5.32 Å². The van der Waals surface area contributed by atoms with Gasteiger partial charge in [-0.05, 0) is 55.8 Å². The van der Waals surface area contributed by atoms with Crippen LogP contribution in [0.25, 0.3) is 0 Å². The van der Waals surface area contributed by atoms with E-state index in [1.165, 1.54) is 0 Å². The second-order valence-electron chi connectivity index (χ2n) is 6.70. The molecular weight excluding hydrogens is 347 g/mol. The van der Waals surface area contributed by atoms with Gasteiger partial charge in [0.15, 0.2) is 0 Å². The van der Waals surface area contributed by atoms with E-state index >= 15 is 0 Å². The molecule has 2 N–H and O–H groups in total. The third-order valence-electron chi connectivity index (χ3n) is 5.16. The number of carbonyl (C=O) groups excluding carboxylic acids is 1. The molecule has 2 fully saturated rings. The van der Waals surface area contributed by atoms with E-state index in [-0.39, 0.29) is 30.2 Å². The number of benzene rings is 1. The van der Waals surface area contributed by atoms with Gasteiger partial charge >= 0.3 is 0 Å². The predicted octanol–water partition coefficient (Wildman–Crippen LogP) is 3.03. The minimum Gasteiger partial charge on any atom is -0.388 e. The van der Waals surface area contributed by atoms with Crippen LogP contribution in [0.2, 0.25) is 5.02 Å². The SMILES string of the molecule is Cl.O=C(C1CCCNC1)N1CCC(C(O)c2ccc(Cl)cc2)CC1. The molecule has 0 saturated carbocycles. The van der Waals surface area contributed by atoms with Gasteiger partial charge in [-0.1, -0.05) is 23.7 Å². The molecule has 2 atom stereocenters. The molecule has 0 aliphatic carbocycles. The molecule has 2 saturated heterocycles. The largest absolute Gasteiger partial charge is 0.388 e. The predicted molar refractivity (Wildman–Crippen MR) is 98.6 cm³/mol. The highest BCUT2D eigenvalue weighted by atomic mass is 35.5. The zero-order chi connectivity index (χ0) is 16.2. The Morgan fingerprint density at radius 3 is 2.46 bits per heavy atom. The molecule has 2 aliphatic rings. The summed E-state index contributed by atoms with van der Waals surface area (Å²) >= 11 is 5.90. The van der Waals surface area contributed by atoms with Crippen LogP contribution in [0.5, 0.6) is 0 Å². The van der Waals surface area contributed by atoms with Crippen molar-refractivity contribution in [2.24, 2.45) is 11.8 Å². The topological polar surface area (TPSA) is 52.6 Å². The normalized spacial score (nSPS) is 23.4. The highest BCUT2D eigenvalue weighted by molar-refractivity contribution is 6.30. The van der Waals surface area contributed by atoms with Crippen LogP contribution in [-0.2, 0) is 4.79 Å². The fourth-order valence-corrected chi connectivity index (χ4v) is 3.81. The number of halogens is 2. The van der Waals surface area contributed by atoms with Crippen molar-refractivity contribution >= 4 is 29.9 Å².